The molecule has 1 aliphatic rings. The summed E-state index contributed by atoms with van der Waals surface area (Å²) < 4.78 is 13.5. The molecule has 0 fully saturated rings. The first-order valence-corrected chi connectivity index (χ1v) is 13.5. The molecule has 3 nitrogen and oxygen atoms in total. The van der Waals surface area contributed by atoms with Crippen molar-refractivity contribution in [2.24, 2.45) is 5.92 Å². The van der Waals surface area contributed by atoms with Crippen molar-refractivity contribution in [1.82, 2.24) is 0 Å². The summed E-state index contributed by atoms with van der Waals surface area (Å²) in [7, 11) is 0. The van der Waals surface area contributed by atoms with E-state index in [9.17, 15) is 9.18 Å². The lowest BCUT2D eigenvalue weighted by Gasteiger charge is -2.28. The topological polar surface area (TPSA) is 40.5 Å². The minimum atomic E-state index is -0.781. The van der Waals surface area contributed by atoms with Crippen LogP contribution in [0.1, 0.15) is 31.7 Å². The van der Waals surface area contributed by atoms with Gasteiger partial charge in [0.05, 0.1) is 11.4 Å². The lowest BCUT2D eigenvalue weighted by atomic mass is 10.0. The molecule has 7 heteroatoms. The fourth-order valence-electron chi connectivity index (χ4n) is 3.62. The summed E-state index contributed by atoms with van der Waals surface area (Å²) in [5.41, 5.74) is 3.37. The van der Waals surface area contributed by atoms with Crippen LogP contribution in [0.4, 0.5) is 15.8 Å². The zero-order chi connectivity index (χ0) is 21.5. The molecule has 0 spiro atoms. The third-order valence-corrected chi connectivity index (χ3v) is 8.22. The molecule has 0 aromatic heterocycles. The Morgan fingerprint density at radius 2 is 2.07 bits per heavy atom. The van der Waals surface area contributed by atoms with Gasteiger partial charge in [0.2, 0.25) is 0 Å². The van der Waals surface area contributed by atoms with Crippen molar-refractivity contribution in [3.63, 3.8) is 0 Å². The van der Waals surface area contributed by atoms with Crippen molar-refractivity contribution in [2.45, 2.75) is 41.7 Å². The Morgan fingerprint density at radius 3 is 2.73 bits per heavy atom. The highest BCUT2D eigenvalue weighted by Crippen LogP contribution is 2.44. The maximum absolute atomic E-state index is 13.5. The van der Waals surface area contributed by atoms with Gasteiger partial charge in [-0.05, 0) is 60.6 Å². The van der Waals surface area contributed by atoms with Gasteiger partial charge in [-0.25, -0.2) is 4.39 Å². The zero-order valence-corrected chi connectivity index (χ0v) is 19.8. The molecular weight excluding hydrogens is 437 g/mol. The predicted octanol–water partition coefficient (Wildman–Crippen LogP) is 6.92. The van der Waals surface area contributed by atoms with Crippen molar-refractivity contribution in [1.29, 1.82) is 0 Å². The second-order valence-corrected chi connectivity index (χ2v) is 10.3. The van der Waals surface area contributed by atoms with Crippen molar-refractivity contribution < 1.29 is 14.3 Å². The van der Waals surface area contributed by atoms with Crippen LogP contribution in [0, 0.1) is 11.7 Å². The van der Waals surface area contributed by atoms with Crippen LogP contribution >= 0.6 is 35.3 Å². The third-order valence-electron chi connectivity index (χ3n) is 5.16. The first-order chi connectivity index (χ1) is 14.5. The van der Waals surface area contributed by atoms with Crippen molar-refractivity contribution >= 4 is 52.6 Å². The summed E-state index contributed by atoms with van der Waals surface area (Å²) in [5, 5.41) is 8.96. The summed E-state index contributed by atoms with van der Waals surface area (Å²) in [4.78, 5) is 15.6. The average molecular weight is 466 g/mol. The smallest absolute Gasteiger partial charge is 0.313 e. The van der Waals surface area contributed by atoms with E-state index in [4.69, 9.17) is 5.11 Å². The summed E-state index contributed by atoms with van der Waals surface area (Å²) in [5.74, 6) is 1.42. The first kappa shape index (κ1) is 23.4. The molecule has 0 bridgehead atoms. The molecule has 30 heavy (non-hydrogen) atoms. The van der Waals surface area contributed by atoms with E-state index < -0.39 is 5.97 Å². The Balaban J connectivity index is 1.96. The van der Waals surface area contributed by atoms with Gasteiger partial charge in [-0.2, -0.15) is 0 Å². The minimum absolute atomic E-state index is 0.110. The van der Waals surface area contributed by atoms with Crippen LogP contribution in [-0.2, 0) is 10.5 Å². The molecule has 1 atom stereocenters. The molecule has 0 aliphatic carbocycles. The number of benzene rings is 2. The van der Waals surface area contributed by atoms with E-state index in [1.165, 1.54) is 64.2 Å². The highest BCUT2D eigenvalue weighted by atomic mass is 32.2. The first-order valence-electron chi connectivity index (χ1n) is 10.2. The number of hydrogen-bond donors (Lipinski definition) is 1. The summed E-state index contributed by atoms with van der Waals surface area (Å²) >= 11 is 5.02. The minimum Gasteiger partial charge on any atom is -0.481 e. The van der Waals surface area contributed by atoms with Gasteiger partial charge in [-0.3, -0.25) is 4.79 Å². The quantitative estimate of drug-likeness (QED) is 0.406. The van der Waals surface area contributed by atoms with Gasteiger partial charge in [0.1, 0.15) is 5.82 Å². The number of nitrogens with zero attached hydrogens (tertiary/aromatic N) is 1. The maximum Gasteiger partial charge on any atom is 0.313 e. The van der Waals surface area contributed by atoms with Gasteiger partial charge < -0.3 is 10.0 Å². The Kier molecular flexibility index (Phi) is 8.84. The van der Waals surface area contributed by atoms with E-state index in [0.717, 1.165) is 18.0 Å². The van der Waals surface area contributed by atoms with Crippen molar-refractivity contribution in [3.8, 4) is 0 Å². The predicted molar refractivity (Wildman–Crippen MR) is 129 cm³/mol. The highest BCUT2D eigenvalue weighted by molar-refractivity contribution is 8.00. The van der Waals surface area contributed by atoms with Crippen molar-refractivity contribution in [2.75, 3.05) is 29.2 Å². The van der Waals surface area contributed by atoms with Crippen LogP contribution in [0.2, 0.25) is 0 Å². The molecule has 1 heterocycles. The molecule has 2 aromatic rings. The summed E-state index contributed by atoms with van der Waals surface area (Å²) in [6.45, 7) is 3.15. The van der Waals surface area contributed by atoms with E-state index in [1.54, 1.807) is 11.8 Å². The van der Waals surface area contributed by atoms with E-state index in [2.05, 4.69) is 30.2 Å². The second-order valence-electron chi connectivity index (χ2n) is 7.42. The number of carboxylic acid groups (broad SMARTS) is 1. The standard InChI is InChI=1S/C23H28FNO2S3/c1-3-4-5-16-12-25(19-8-6-18(24)7-9-19)20-11-21(28-2)17(10-22(20)30-13-16)14-29-15-23(26)27/h6-11,16H,3-5,12-15H2,1-2H3,(H,26,27). The SMILES string of the molecule is CCCCC1CSc2cc(CSCC(=O)O)c(SC)cc2N(c2ccc(F)cc2)C1. The van der Waals surface area contributed by atoms with Crippen LogP contribution in [0.3, 0.4) is 0 Å². The Morgan fingerprint density at radius 1 is 1.30 bits per heavy atom. The Labute approximate surface area is 191 Å². The molecule has 1 unspecified atom stereocenters. The number of carbonyl (C=O) groups is 1. The number of hydrogen-bond acceptors (Lipinski definition) is 5. The van der Waals surface area contributed by atoms with Crippen LogP contribution in [-0.4, -0.2) is 35.4 Å². The summed E-state index contributed by atoms with van der Waals surface area (Å²) in [6, 6.07) is 11.2. The number of fused-ring (bicyclic) bond motifs is 1. The number of carboxylic acids is 1. The van der Waals surface area contributed by atoms with Gasteiger partial charge >= 0.3 is 5.97 Å². The van der Waals surface area contributed by atoms with Gasteiger partial charge in [0.25, 0.3) is 0 Å². The number of anilines is 2. The van der Waals surface area contributed by atoms with Crippen LogP contribution in [0.15, 0.2) is 46.2 Å². The Hall–Kier alpha value is -1.31. The van der Waals surface area contributed by atoms with Crippen LogP contribution in [0.5, 0.6) is 0 Å². The molecule has 0 saturated heterocycles. The third kappa shape index (κ3) is 6.11. The van der Waals surface area contributed by atoms with Crippen LogP contribution < -0.4 is 4.90 Å². The molecule has 162 valence electrons. The molecule has 3 rings (SSSR count). The number of thioether (sulfide) groups is 3. The second kappa shape index (κ2) is 11.3. The van der Waals surface area contributed by atoms with Gasteiger partial charge in [0.15, 0.2) is 0 Å². The molecule has 1 aliphatic heterocycles. The monoisotopic (exact) mass is 465 g/mol. The number of rotatable bonds is 9. The summed E-state index contributed by atoms with van der Waals surface area (Å²) in [6.07, 6.45) is 5.65. The van der Waals surface area contributed by atoms with Crippen LogP contribution in [0.25, 0.3) is 0 Å². The normalized spacial score (nSPS) is 16.2. The fourth-order valence-corrected chi connectivity index (χ4v) is 6.30. The fraction of sp³-hybridized carbons (Fsp3) is 0.435. The van der Waals surface area contributed by atoms with E-state index >= 15 is 0 Å². The Bertz CT molecular complexity index is 860. The number of aliphatic carboxylic acids is 1. The number of halogens is 1. The molecule has 0 amide bonds. The van der Waals surface area contributed by atoms with Gasteiger partial charge in [-0.15, -0.1) is 35.3 Å². The molecule has 2 aromatic carbocycles. The average Bonchev–Trinajstić information content (AvgIpc) is 2.91. The highest BCUT2D eigenvalue weighted by Gasteiger charge is 2.25. The van der Waals surface area contributed by atoms with Crippen molar-refractivity contribution in [3.05, 3.63) is 47.8 Å². The van der Waals surface area contributed by atoms with Gasteiger partial charge in [0, 0.05) is 33.5 Å². The maximum atomic E-state index is 13.5. The largest absolute Gasteiger partial charge is 0.481 e. The molecule has 1 N–H and O–H groups in total. The molecule has 0 radical (unpaired) electrons. The zero-order valence-electron chi connectivity index (χ0n) is 17.4. The van der Waals surface area contributed by atoms with E-state index in [-0.39, 0.29) is 11.6 Å². The lowest BCUT2D eigenvalue weighted by molar-refractivity contribution is -0.133. The molecular formula is C23H28FNO2S3. The van der Waals surface area contributed by atoms with Gasteiger partial charge in [-0.1, -0.05) is 19.8 Å². The number of unbranched alkanes of at least 4 members (excludes halogenated alkanes) is 1. The van der Waals surface area contributed by atoms with E-state index in [1.807, 2.05) is 23.9 Å². The lowest BCUT2D eigenvalue weighted by Crippen LogP contribution is -2.25. The molecule has 0 saturated carbocycles. The van der Waals surface area contributed by atoms with E-state index in [0.29, 0.717) is 11.7 Å².